The Bertz CT molecular complexity index is 2930. The fourth-order valence-corrected chi connectivity index (χ4v) is 7.91. The van der Waals surface area contributed by atoms with Gasteiger partial charge >= 0.3 is 0 Å². The van der Waals surface area contributed by atoms with Gasteiger partial charge in [0.25, 0.3) is 0 Å². The van der Waals surface area contributed by atoms with Gasteiger partial charge in [-0.25, -0.2) is 29.9 Å². The molecule has 7 heteroatoms. The quantitative estimate of drug-likeness (QED) is 0.163. The number of hydrogen-bond donors (Lipinski definition) is 0. The smallest absolute Gasteiger partial charge is 0.164 e. The summed E-state index contributed by atoms with van der Waals surface area (Å²) in [6, 6.07) is 60.0. The minimum absolute atomic E-state index is 0.598. The van der Waals surface area contributed by atoms with Gasteiger partial charge in [0.2, 0.25) is 0 Å². The molecule has 0 aliphatic carbocycles. The van der Waals surface area contributed by atoms with Crippen LogP contribution < -0.4 is 0 Å². The first-order valence-electron chi connectivity index (χ1n) is 18.0. The molecule has 0 saturated heterocycles. The molecule has 0 saturated carbocycles. The largest absolute Gasteiger partial charge is 0.245 e. The topological polar surface area (TPSA) is 77.3 Å². The molecule has 4 heterocycles. The van der Waals surface area contributed by atoms with E-state index in [0.717, 1.165) is 70.6 Å². The van der Waals surface area contributed by atoms with E-state index < -0.39 is 0 Å². The molecule has 6 aromatic carbocycles. The fraction of sp³-hybridized carbons (Fsp3) is 0. The van der Waals surface area contributed by atoms with Crippen LogP contribution in [0.4, 0.5) is 0 Å². The number of fused-ring (bicyclic) bond motifs is 3. The van der Waals surface area contributed by atoms with E-state index in [1.807, 2.05) is 54.7 Å². The molecule has 0 atom stereocenters. The number of benzene rings is 6. The van der Waals surface area contributed by atoms with E-state index >= 15 is 0 Å². The Kier molecular flexibility index (Phi) is 8.24. The third kappa shape index (κ3) is 6.33. The Morgan fingerprint density at radius 1 is 0.309 bits per heavy atom. The maximum atomic E-state index is 5.21. The normalized spacial score (nSPS) is 11.3. The molecular formula is C48H30N6S. The monoisotopic (exact) mass is 722 g/mol. The molecule has 0 N–H and O–H groups in total. The zero-order valence-corrected chi connectivity index (χ0v) is 30.2. The van der Waals surface area contributed by atoms with E-state index in [4.69, 9.17) is 24.9 Å². The van der Waals surface area contributed by atoms with E-state index in [9.17, 15) is 0 Å². The van der Waals surface area contributed by atoms with E-state index in [0.29, 0.717) is 23.3 Å². The van der Waals surface area contributed by atoms with Crippen molar-refractivity contribution in [2.24, 2.45) is 0 Å². The highest BCUT2D eigenvalue weighted by Gasteiger charge is 2.18. The molecule has 6 nitrogen and oxygen atoms in total. The molecule has 0 aliphatic rings. The second-order valence-corrected chi connectivity index (χ2v) is 14.2. The van der Waals surface area contributed by atoms with Crippen molar-refractivity contribution in [2.75, 3.05) is 0 Å². The predicted octanol–water partition coefficient (Wildman–Crippen LogP) is 12.1. The van der Waals surface area contributed by atoms with Gasteiger partial charge in [-0.3, -0.25) is 0 Å². The summed E-state index contributed by atoms with van der Waals surface area (Å²) in [6.07, 6.45) is 1.83. The summed E-state index contributed by atoms with van der Waals surface area (Å²) in [7, 11) is 0. The number of pyridine rings is 1. The molecule has 55 heavy (non-hydrogen) atoms. The lowest BCUT2D eigenvalue weighted by molar-refractivity contribution is 1.07. The SMILES string of the molecule is c1ccc(-c2ccc(-c3nc(-c4ccccc4)nc(-c4ccc(-c5nc(-c6ccc(-c7ccccc7)cc6)nc6c5sc5ncccc56)cc4)n3)cc2)cc1. The third-order valence-electron chi connectivity index (χ3n) is 9.67. The third-order valence-corrected chi connectivity index (χ3v) is 10.8. The Labute approximate surface area is 321 Å². The summed E-state index contributed by atoms with van der Waals surface area (Å²) in [6.45, 7) is 0. The summed E-state index contributed by atoms with van der Waals surface area (Å²) in [4.78, 5) is 30.9. The maximum Gasteiger partial charge on any atom is 0.164 e. The van der Waals surface area contributed by atoms with Gasteiger partial charge in [-0.15, -0.1) is 11.3 Å². The zero-order chi connectivity index (χ0) is 36.6. The minimum atomic E-state index is 0.598. The standard InChI is InChI=1S/C48H30N6S/c1-4-11-31(12-5-1)33-18-24-37(25-19-33)44-50-41(43-42(51-44)40-17-10-30-49-48(40)55-43)35-22-28-39(29-23-35)47-53-45(36-15-8-3-9-16-36)52-46(54-47)38-26-20-34(21-27-38)32-13-6-2-7-14-32/h1-30H. The average Bonchev–Trinajstić information content (AvgIpc) is 3.66. The molecule has 258 valence electrons. The van der Waals surface area contributed by atoms with Crippen molar-refractivity contribution in [2.45, 2.75) is 0 Å². The van der Waals surface area contributed by atoms with E-state index in [-0.39, 0.29) is 0 Å². The van der Waals surface area contributed by atoms with Crippen molar-refractivity contribution in [1.82, 2.24) is 29.9 Å². The Morgan fingerprint density at radius 2 is 0.691 bits per heavy atom. The summed E-state index contributed by atoms with van der Waals surface area (Å²) in [5, 5.41) is 1.02. The van der Waals surface area contributed by atoms with Crippen LogP contribution in [-0.4, -0.2) is 29.9 Å². The average molecular weight is 723 g/mol. The number of aromatic nitrogens is 6. The lowest BCUT2D eigenvalue weighted by Crippen LogP contribution is -2.00. The Hall–Kier alpha value is -7.22. The molecule has 0 aliphatic heterocycles. The van der Waals surface area contributed by atoms with Crippen LogP contribution in [0.3, 0.4) is 0 Å². The lowest BCUT2D eigenvalue weighted by Gasteiger charge is -2.10. The molecule has 10 rings (SSSR count). The van der Waals surface area contributed by atoms with Crippen molar-refractivity contribution >= 4 is 31.8 Å². The first-order chi connectivity index (χ1) is 27.2. The molecule has 0 fully saturated rings. The highest BCUT2D eigenvalue weighted by molar-refractivity contribution is 7.25. The second kappa shape index (κ2) is 14.0. The maximum absolute atomic E-state index is 5.21. The molecule has 0 unspecified atom stereocenters. The molecule has 0 radical (unpaired) electrons. The first-order valence-corrected chi connectivity index (χ1v) is 18.8. The molecule has 0 amide bonds. The van der Waals surface area contributed by atoms with Crippen LogP contribution in [0.15, 0.2) is 182 Å². The number of hydrogen-bond acceptors (Lipinski definition) is 7. The van der Waals surface area contributed by atoms with Gasteiger partial charge in [0.1, 0.15) is 4.83 Å². The van der Waals surface area contributed by atoms with Crippen LogP contribution in [0, 0.1) is 0 Å². The van der Waals surface area contributed by atoms with Crippen molar-refractivity contribution in [3.05, 3.63) is 182 Å². The second-order valence-electron chi connectivity index (χ2n) is 13.2. The highest BCUT2D eigenvalue weighted by atomic mass is 32.1. The van der Waals surface area contributed by atoms with Gasteiger partial charge < -0.3 is 0 Å². The zero-order valence-electron chi connectivity index (χ0n) is 29.4. The van der Waals surface area contributed by atoms with Crippen LogP contribution in [0.2, 0.25) is 0 Å². The molecule has 0 bridgehead atoms. The van der Waals surface area contributed by atoms with Crippen LogP contribution in [0.1, 0.15) is 0 Å². The van der Waals surface area contributed by atoms with Crippen LogP contribution in [-0.2, 0) is 0 Å². The summed E-state index contributed by atoms with van der Waals surface area (Å²) < 4.78 is 0.999. The highest BCUT2D eigenvalue weighted by Crippen LogP contribution is 2.39. The van der Waals surface area contributed by atoms with Crippen LogP contribution in [0.25, 0.3) is 99.5 Å². The molecule has 0 spiro atoms. The summed E-state index contributed by atoms with van der Waals surface area (Å²) >= 11 is 1.62. The van der Waals surface area contributed by atoms with Crippen molar-refractivity contribution < 1.29 is 0 Å². The van der Waals surface area contributed by atoms with Crippen LogP contribution in [0.5, 0.6) is 0 Å². The Balaban J connectivity index is 1.05. The van der Waals surface area contributed by atoms with Gasteiger partial charge in [-0.2, -0.15) is 0 Å². The van der Waals surface area contributed by atoms with E-state index in [1.165, 1.54) is 5.56 Å². The predicted molar refractivity (Wildman–Crippen MR) is 224 cm³/mol. The lowest BCUT2D eigenvalue weighted by atomic mass is 10.0. The number of thiophene rings is 1. The van der Waals surface area contributed by atoms with Gasteiger partial charge in [0.15, 0.2) is 23.3 Å². The van der Waals surface area contributed by atoms with E-state index in [1.54, 1.807) is 11.3 Å². The summed E-state index contributed by atoms with van der Waals surface area (Å²) in [5.41, 5.74) is 11.0. The summed E-state index contributed by atoms with van der Waals surface area (Å²) in [5.74, 6) is 2.50. The molecule has 10 aromatic rings. The minimum Gasteiger partial charge on any atom is -0.245 e. The first kappa shape index (κ1) is 32.4. The van der Waals surface area contributed by atoms with Crippen molar-refractivity contribution in [3.63, 3.8) is 0 Å². The molecular weight excluding hydrogens is 693 g/mol. The van der Waals surface area contributed by atoms with Gasteiger partial charge in [0, 0.05) is 39.4 Å². The number of nitrogens with zero attached hydrogens (tertiary/aromatic N) is 6. The van der Waals surface area contributed by atoms with Crippen LogP contribution >= 0.6 is 11.3 Å². The molecule has 4 aromatic heterocycles. The van der Waals surface area contributed by atoms with Gasteiger partial charge in [-0.05, 0) is 34.4 Å². The van der Waals surface area contributed by atoms with Crippen molar-refractivity contribution in [1.29, 1.82) is 0 Å². The Morgan fingerprint density at radius 3 is 1.18 bits per heavy atom. The fourth-order valence-electron chi connectivity index (χ4n) is 6.82. The van der Waals surface area contributed by atoms with E-state index in [2.05, 4.69) is 132 Å². The van der Waals surface area contributed by atoms with Crippen molar-refractivity contribution in [3.8, 4) is 79.1 Å². The number of rotatable bonds is 7. The van der Waals surface area contributed by atoms with Gasteiger partial charge in [-0.1, -0.05) is 164 Å². The van der Waals surface area contributed by atoms with Gasteiger partial charge in [0.05, 0.1) is 15.9 Å².